The minimum atomic E-state index is -1.13. The van der Waals surface area contributed by atoms with Crippen LogP contribution in [0.1, 0.15) is 44.2 Å². The van der Waals surface area contributed by atoms with Crippen molar-refractivity contribution in [1.29, 1.82) is 0 Å². The van der Waals surface area contributed by atoms with Crippen molar-refractivity contribution in [3.8, 4) is 5.75 Å². The molecule has 0 saturated carbocycles. The molecule has 2 aromatic rings. The Balaban J connectivity index is 1.85. The standard InChI is InChI=1S/C34H45N5O7/c1-23(2)18-29(34(45)46)39-17-9-4-3-8-16-38(32(43)27(35)19-25-12-14-26(40)15-13-25)22-31(42)36-21-30(41)37-28(33(39)44)20-24-10-6-5-7-11-24/h3-7,10-15,23,27-29,40H,8-9,16-22,35H2,1-2H3,(H,36,42)(H,37,41)(H,45,46)/b4-3+/t27-,28-,29-/m0/s1. The van der Waals surface area contributed by atoms with E-state index in [1.54, 1.807) is 12.1 Å². The van der Waals surface area contributed by atoms with E-state index in [0.29, 0.717) is 12.8 Å². The van der Waals surface area contributed by atoms with Crippen LogP contribution < -0.4 is 16.4 Å². The number of carboxylic acids is 1. The second-order valence-corrected chi connectivity index (χ2v) is 11.9. The summed E-state index contributed by atoms with van der Waals surface area (Å²) in [5.74, 6) is -3.22. The highest BCUT2D eigenvalue weighted by atomic mass is 16.4. The highest BCUT2D eigenvalue weighted by molar-refractivity contribution is 5.93. The molecule has 0 aliphatic carbocycles. The largest absolute Gasteiger partial charge is 0.508 e. The van der Waals surface area contributed by atoms with Crippen molar-refractivity contribution in [3.05, 3.63) is 77.9 Å². The summed E-state index contributed by atoms with van der Waals surface area (Å²) < 4.78 is 0. The molecule has 4 amide bonds. The number of benzene rings is 2. The maximum absolute atomic E-state index is 14.0. The average Bonchev–Trinajstić information content (AvgIpc) is 3.02. The van der Waals surface area contributed by atoms with E-state index in [0.717, 1.165) is 11.1 Å². The molecule has 46 heavy (non-hydrogen) atoms. The SMILES string of the molecule is CC(C)C[C@@H](C(=O)O)N1CC/C=C/CCN(C(=O)[C@@H](N)Cc2ccc(O)cc2)CC(=O)NCC(=O)N[C@@H](Cc2ccccc2)C1=O. The van der Waals surface area contributed by atoms with Crippen LogP contribution in [0.2, 0.25) is 0 Å². The third-order valence-electron chi connectivity index (χ3n) is 7.63. The molecular formula is C34H45N5O7. The Morgan fingerprint density at radius 2 is 1.59 bits per heavy atom. The van der Waals surface area contributed by atoms with E-state index < -0.39 is 54.3 Å². The third kappa shape index (κ3) is 11.3. The minimum Gasteiger partial charge on any atom is -0.508 e. The number of phenolic OH excluding ortho intramolecular Hbond substituents is 1. The smallest absolute Gasteiger partial charge is 0.326 e. The molecule has 248 valence electrons. The first-order valence-electron chi connectivity index (χ1n) is 15.5. The number of nitrogens with two attached hydrogens (primary N) is 1. The first-order valence-corrected chi connectivity index (χ1v) is 15.5. The summed E-state index contributed by atoms with van der Waals surface area (Å²) in [6.07, 6.45) is 4.90. The van der Waals surface area contributed by atoms with Crippen LogP contribution in [0.4, 0.5) is 0 Å². The quantitative estimate of drug-likeness (QED) is 0.258. The lowest BCUT2D eigenvalue weighted by atomic mass is 9.99. The molecule has 12 nitrogen and oxygen atoms in total. The second kappa shape index (κ2) is 17.7. The maximum Gasteiger partial charge on any atom is 0.326 e. The number of nitrogens with one attached hydrogen (secondary N) is 2. The Morgan fingerprint density at radius 3 is 2.22 bits per heavy atom. The van der Waals surface area contributed by atoms with Crippen LogP contribution in [0.3, 0.4) is 0 Å². The van der Waals surface area contributed by atoms with Gasteiger partial charge in [0.05, 0.1) is 19.1 Å². The number of hydrogen-bond acceptors (Lipinski definition) is 7. The molecule has 2 aromatic carbocycles. The van der Waals surface area contributed by atoms with Crippen molar-refractivity contribution in [2.45, 2.75) is 64.1 Å². The molecule has 12 heteroatoms. The number of aromatic hydroxyl groups is 1. The van der Waals surface area contributed by atoms with Crippen molar-refractivity contribution in [3.63, 3.8) is 0 Å². The fourth-order valence-electron chi connectivity index (χ4n) is 5.29. The van der Waals surface area contributed by atoms with Crippen molar-refractivity contribution in [1.82, 2.24) is 20.4 Å². The van der Waals surface area contributed by atoms with E-state index in [2.05, 4.69) is 10.6 Å². The van der Waals surface area contributed by atoms with Crippen molar-refractivity contribution < 1.29 is 34.2 Å². The Labute approximate surface area is 269 Å². The van der Waals surface area contributed by atoms with Crippen LogP contribution >= 0.6 is 0 Å². The Morgan fingerprint density at radius 1 is 0.935 bits per heavy atom. The van der Waals surface area contributed by atoms with E-state index in [9.17, 15) is 34.2 Å². The number of nitrogens with zero attached hydrogens (tertiary/aromatic N) is 2. The van der Waals surface area contributed by atoms with Crippen LogP contribution in [-0.4, -0.2) is 93.9 Å². The Bertz CT molecular complexity index is 1360. The number of phenols is 1. The molecule has 3 rings (SSSR count). The zero-order chi connectivity index (χ0) is 33.6. The summed E-state index contributed by atoms with van der Waals surface area (Å²) in [4.78, 5) is 68.3. The zero-order valence-corrected chi connectivity index (χ0v) is 26.4. The summed E-state index contributed by atoms with van der Waals surface area (Å²) >= 11 is 0. The zero-order valence-electron chi connectivity index (χ0n) is 26.4. The number of carboxylic acid groups (broad SMARTS) is 1. The monoisotopic (exact) mass is 635 g/mol. The highest BCUT2D eigenvalue weighted by Crippen LogP contribution is 2.17. The third-order valence-corrected chi connectivity index (χ3v) is 7.63. The van der Waals surface area contributed by atoms with Crippen molar-refractivity contribution >= 4 is 29.6 Å². The van der Waals surface area contributed by atoms with E-state index in [1.165, 1.54) is 21.9 Å². The summed E-state index contributed by atoms with van der Waals surface area (Å²) in [6, 6.07) is 12.3. The predicted octanol–water partition coefficient (Wildman–Crippen LogP) is 1.61. The first-order chi connectivity index (χ1) is 21.9. The molecule has 0 unspecified atom stereocenters. The number of hydrogen-bond donors (Lipinski definition) is 5. The molecular weight excluding hydrogens is 590 g/mol. The first kappa shape index (κ1) is 35.8. The topological polar surface area (TPSA) is 182 Å². The number of amides is 4. The molecule has 0 radical (unpaired) electrons. The molecule has 3 atom stereocenters. The predicted molar refractivity (Wildman–Crippen MR) is 172 cm³/mol. The molecule has 0 saturated heterocycles. The van der Waals surface area contributed by atoms with E-state index in [4.69, 9.17) is 5.73 Å². The van der Waals surface area contributed by atoms with Crippen LogP contribution in [-0.2, 0) is 36.8 Å². The molecule has 1 aliphatic rings. The summed E-state index contributed by atoms with van der Waals surface area (Å²) in [7, 11) is 0. The lowest BCUT2D eigenvalue weighted by Crippen LogP contribution is -2.56. The number of rotatable bonds is 9. The second-order valence-electron chi connectivity index (χ2n) is 11.9. The Kier molecular flexibility index (Phi) is 13.8. The molecule has 0 fully saturated rings. The van der Waals surface area contributed by atoms with Gasteiger partial charge in [-0.1, -0.05) is 68.5 Å². The number of aliphatic carboxylic acids is 1. The Hall–Kier alpha value is -4.71. The van der Waals surface area contributed by atoms with Gasteiger partial charge in [-0.25, -0.2) is 4.79 Å². The van der Waals surface area contributed by atoms with Crippen LogP contribution in [0.5, 0.6) is 5.75 Å². The minimum absolute atomic E-state index is 0.00823. The van der Waals surface area contributed by atoms with Gasteiger partial charge in [0.25, 0.3) is 0 Å². The number of carbonyl (C=O) groups excluding carboxylic acids is 4. The highest BCUT2D eigenvalue weighted by Gasteiger charge is 2.35. The van der Waals surface area contributed by atoms with Gasteiger partial charge in [0.1, 0.15) is 17.8 Å². The molecule has 1 heterocycles. The summed E-state index contributed by atoms with van der Waals surface area (Å²) in [5.41, 5.74) is 7.74. The van der Waals surface area contributed by atoms with Crippen LogP contribution in [0.15, 0.2) is 66.7 Å². The van der Waals surface area contributed by atoms with E-state index >= 15 is 0 Å². The lowest BCUT2D eigenvalue weighted by molar-refractivity contribution is -0.152. The van der Waals surface area contributed by atoms with Crippen molar-refractivity contribution in [2.75, 3.05) is 26.2 Å². The van der Waals surface area contributed by atoms with Gasteiger partial charge in [-0.3, -0.25) is 19.2 Å². The van der Waals surface area contributed by atoms with Gasteiger partial charge in [0.15, 0.2) is 0 Å². The van der Waals surface area contributed by atoms with Gasteiger partial charge in [0.2, 0.25) is 23.6 Å². The van der Waals surface area contributed by atoms with Gasteiger partial charge >= 0.3 is 5.97 Å². The number of carbonyl (C=O) groups is 5. The maximum atomic E-state index is 14.0. The molecule has 0 bridgehead atoms. The fourth-order valence-corrected chi connectivity index (χ4v) is 5.29. The van der Waals surface area contributed by atoms with Crippen molar-refractivity contribution in [2.24, 2.45) is 11.7 Å². The summed E-state index contributed by atoms with van der Waals surface area (Å²) in [6.45, 7) is 3.27. The molecule has 1 aliphatic heterocycles. The molecule has 0 spiro atoms. The van der Waals surface area contributed by atoms with Gasteiger partial charge in [-0.15, -0.1) is 0 Å². The molecule has 0 aromatic heterocycles. The van der Waals surface area contributed by atoms with Gasteiger partial charge in [0, 0.05) is 19.5 Å². The van der Waals surface area contributed by atoms with Gasteiger partial charge < -0.3 is 36.4 Å². The summed E-state index contributed by atoms with van der Waals surface area (Å²) in [5, 5.41) is 24.9. The van der Waals surface area contributed by atoms with Gasteiger partial charge in [-0.05, 0) is 54.9 Å². The van der Waals surface area contributed by atoms with E-state index in [1.807, 2.05) is 56.3 Å². The van der Waals surface area contributed by atoms with Crippen LogP contribution in [0, 0.1) is 5.92 Å². The van der Waals surface area contributed by atoms with Crippen LogP contribution in [0.25, 0.3) is 0 Å². The van der Waals surface area contributed by atoms with E-state index in [-0.39, 0.29) is 50.6 Å². The average molecular weight is 636 g/mol. The fraction of sp³-hybridized carbons (Fsp3) is 0.441. The van der Waals surface area contributed by atoms with Gasteiger partial charge in [-0.2, -0.15) is 0 Å². The normalized spacial score (nSPS) is 19.2. The lowest BCUT2D eigenvalue weighted by Gasteiger charge is -2.33. The molecule has 6 N–H and O–H groups in total.